The molecule has 0 bridgehead atoms. The van der Waals surface area contributed by atoms with Gasteiger partial charge in [-0.1, -0.05) is 6.08 Å². The molecular formula is C15H23N5O2. The van der Waals surface area contributed by atoms with Crippen LogP contribution in [0.2, 0.25) is 0 Å². The number of aryl methyl sites for hydroxylation is 1. The van der Waals surface area contributed by atoms with Gasteiger partial charge in [0.25, 0.3) is 0 Å². The Morgan fingerprint density at radius 2 is 2.23 bits per heavy atom. The van der Waals surface area contributed by atoms with Gasteiger partial charge in [0.15, 0.2) is 0 Å². The Labute approximate surface area is 130 Å². The maximum Gasteiger partial charge on any atom is 0.238 e. The minimum atomic E-state index is -0.0542. The molecule has 7 nitrogen and oxygen atoms in total. The van der Waals surface area contributed by atoms with Crippen molar-refractivity contribution in [2.45, 2.75) is 26.3 Å². The number of hydrogen-bond acceptors (Lipinski definition) is 4. The first-order valence-electron chi connectivity index (χ1n) is 7.41. The molecule has 0 saturated carbocycles. The molecule has 120 valence electrons. The van der Waals surface area contributed by atoms with Gasteiger partial charge < -0.3 is 10.6 Å². The van der Waals surface area contributed by atoms with Gasteiger partial charge in [-0.25, -0.2) is 0 Å². The second kappa shape index (κ2) is 7.22. The van der Waals surface area contributed by atoms with Crippen molar-refractivity contribution in [2.75, 3.05) is 25.0 Å². The van der Waals surface area contributed by atoms with E-state index in [0.717, 1.165) is 18.5 Å². The number of carbonyl (C=O) groups excluding carboxylic acids is 2. The van der Waals surface area contributed by atoms with Crippen LogP contribution in [0.15, 0.2) is 24.0 Å². The molecule has 2 N–H and O–H groups in total. The van der Waals surface area contributed by atoms with Crippen molar-refractivity contribution in [1.82, 2.24) is 20.0 Å². The van der Waals surface area contributed by atoms with Crippen molar-refractivity contribution in [1.29, 1.82) is 0 Å². The third kappa shape index (κ3) is 4.70. The van der Waals surface area contributed by atoms with Crippen molar-refractivity contribution < 1.29 is 9.59 Å². The van der Waals surface area contributed by atoms with Gasteiger partial charge in [-0.05, 0) is 18.9 Å². The van der Waals surface area contributed by atoms with Crippen LogP contribution in [0.5, 0.6) is 0 Å². The first-order valence-corrected chi connectivity index (χ1v) is 7.41. The van der Waals surface area contributed by atoms with Crippen molar-refractivity contribution >= 4 is 17.5 Å². The summed E-state index contributed by atoms with van der Waals surface area (Å²) in [7, 11) is 1.81. The normalized spacial score (nSPS) is 16.8. The number of carbonyl (C=O) groups is 2. The van der Waals surface area contributed by atoms with Crippen LogP contribution in [0.1, 0.15) is 20.3 Å². The number of nitrogens with zero attached hydrogens (tertiary/aromatic N) is 3. The summed E-state index contributed by atoms with van der Waals surface area (Å²) in [6, 6.07) is 0.00156. The van der Waals surface area contributed by atoms with E-state index in [1.54, 1.807) is 24.1 Å². The molecule has 1 aliphatic rings. The van der Waals surface area contributed by atoms with Crippen LogP contribution in [-0.2, 0) is 16.6 Å². The van der Waals surface area contributed by atoms with E-state index in [2.05, 4.69) is 26.7 Å². The second-order valence-electron chi connectivity index (χ2n) is 5.65. The zero-order valence-corrected chi connectivity index (χ0v) is 13.3. The number of rotatable bonds is 5. The van der Waals surface area contributed by atoms with Crippen LogP contribution in [0.3, 0.4) is 0 Å². The average molecular weight is 305 g/mol. The van der Waals surface area contributed by atoms with Crippen LogP contribution >= 0.6 is 0 Å². The minimum absolute atomic E-state index is 0.00156. The third-order valence-corrected chi connectivity index (χ3v) is 3.59. The Balaban J connectivity index is 1.84. The SMILES string of the molecule is CC(=O)N[C@@H](C)C1=CCCN(CC(=O)Nc2cnn(C)c2)C1. The Kier molecular flexibility index (Phi) is 5.32. The zero-order chi connectivity index (χ0) is 16.1. The van der Waals surface area contributed by atoms with Gasteiger partial charge in [0.1, 0.15) is 0 Å². The lowest BCUT2D eigenvalue weighted by atomic mass is 10.0. The standard InChI is InChI=1S/C15H23N5O2/c1-11(17-12(2)21)13-5-4-6-20(8-13)10-15(22)18-14-7-16-19(3)9-14/h5,7,9,11H,4,6,8,10H2,1-3H3,(H,17,21)(H,18,22)/t11-/m0/s1. The molecular weight excluding hydrogens is 282 g/mol. The highest BCUT2D eigenvalue weighted by Gasteiger charge is 2.19. The predicted octanol–water partition coefficient (Wildman–Crippen LogP) is 0.515. The number of hydrogen-bond donors (Lipinski definition) is 2. The van der Waals surface area contributed by atoms with Crippen LogP contribution < -0.4 is 10.6 Å². The van der Waals surface area contributed by atoms with Crippen LogP contribution in [-0.4, -0.2) is 52.2 Å². The monoisotopic (exact) mass is 305 g/mol. The van der Waals surface area contributed by atoms with Gasteiger partial charge in [0.2, 0.25) is 11.8 Å². The molecule has 0 unspecified atom stereocenters. The Morgan fingerprint density at radius 1 is 1.45 bits per heavy atom. The molecule has 1 aromatic heterocycles. The van der Waals surface area contributed by atoms with E-state index in [-0.39, 0.29) is 17.9 Å². The molecule has 0 aromatic carbocycles. The first kappa shape index (κ1) is 16.2. The van der Waals surface area contributed by atoms with Crippen molar-refractivity contribution in [3.8, 4) is 0 Å². The fraction of sp³-hybridized carbons (Fsp3) is 0.533. The summed E-state index contributed by atoms with van der Waals surface area (Å²) in [4.78, 5) is 25.3. The van der Waals surface area contributed by atoms with E-state index in [4.69, 9.17) is 0 Å². The van der Waals surface area contributed by atoms with Gasteiger partial charge in [-0.3, -0.25) is 19.2 Å². The molecule has 1 aliphatic heterocycles. The molecule has 1 atom stereocenters. The first-order chi connectivity index (χ1) is 10.4. The van der Waals surface area contributed by atoms with Gasteiger partial charge in [-0.15, -0.1) is 0 Å². The Hall–Kier alpha value is -2.15. The van der Waals surface area contributed by atoms with E-state index < -0.39 is 0 Å². The Morgan fingerprint density at radius 3 is 2.86 bits per heavy atom. The molecule has 2 rings (SSSR count). The maximum atomic E-state index is 12.1. The second-order valence-corrected chi connectivity index (χ2v) is 5.65. The molecule has 0 fully saturated rings. The molecule has 0 saturated heterocycles. The van der Waals surface area contributed by atoms with Crippen LogP contribution in [0.4, 0.5) is 5.69 Å². The fourth-order valence-electron chi connectivity index (χ4n) is 2.57. The highest BCUT2D eigenvalue weighted by Crippen LogP contribution is 2.13. The van der Waals surface area contributed by atoms with E-state index in [1.807, 2.05) is 6.92 Å². The molecule has 2 heterocycles. The van der Waals surface area contributed by atoms with Crippen LogP contribution in [0, 0.1) is 0 Å². The van der Waals surface area contributed by atoms with E-state index in [0.29, 0.717) is 18.8 Å². The lowest BCUT2D eigenvalue weighted by Crippen LogP contribution is -2.42. The van der Waals surface area contributed by atoms with E-state index in [1.165, 1.54) is 6.92 Å². The number of anilines is 1. The quantitative estimate of drug-likeness (QED) is 0.777. The topological polar surface area (TPSA) is 79.3 Å². The van der Waals surface area contributed by atoms with Gasteiger partial charge in [0.05, 0.1) is 18.4 Å². The molecule has 22 heavy (non-hydrogen) atoms. The van der Waals surface area contributed by atoms with Crippen molar-refractivity contribution in [2.24, 2.45) is 7.05 Å². The minimum Gasteiger partial charge on any atom is -0.350 e. The molecule has 1 aromatic rings. The smallest absolute Gasteiger partial charge is 0.238 e. The van der Waals surface area contributed by atoms with Gasteiger partial charge in [0, 0.05) is 39.3 Å². The summed E-state index contributed by atoms with van der Waals surface area (Å²) in [6.45, 7) is 5.35. The summed E-state index contributed by atoms with van der Waals surface area (Å²) in [5.41, 5.74) is 1.85. The van der Waals surface area contributed by atoms with Gasteiger partial charge in [-0.2, -0.15) is 5.10 Å². The van der Waals surface area contributed by atoms with Crippen molar-refractivity contribution in [3.63, 3.8) is 0 Å². The number of nitrogens with one attached hydrogen (secondary N) is 2. The predicted molar refractivity (Wildman–Crippen MR) is 84.3 cm³/mol. The Bertz CT molecular complexity index is 578. The molecule has 0 aliphatic carbocycles. The number of amides is 2. The highest BCUT2D eigenvalue weighted by atomic mass is 16.2. The largest absolute Gasteiger partial charge is 0.350 e. The highest BCUT2D eigenvalue weighted by molar-refractivity contribution is 5.92. The van der Waals surface area contributed by atoms with E-state index >= 15 is 0 Å². The summed E-state index contributed by atoms with van der Waals surface area (Å²) < 4.78 is 1.65. The van der Waals surface area contributed by atoms with E-state index in [9.17, 15) is 9.59 Å². The van der Waals surface area contributed by atoms with Crippen LogP contribution in [0.25, 0.3) is 0 Å². The maximum absolute atomic E-state index is 12.1. The fourth-order valence-corrected chi connectivity index (χ4v) is 2.57. The third-order valence-electron chi connectivity index (χ3n) is 3.59. The molecule has 2 amide bonds. The molecule has 7 heteroatoms. The summed E-state index contributed by atoms with van der Waals surface area (Å²) in [5.74, 6) is -0.0960. The molecule has 0 radical (unpaired) electrons. The van der Waals surface area contributed by atoms with Crippen molar-refractivity contribution in [3.05, 3.63) is 24.0 Å². The summed E-state index contributed by atoms with van der Waals surface area (Å²) >= 11 is 0. The number of aromatic nitrogens is 2. The summed E-state index contributed by atoms with van der Waals surface area (Å²) in [5, 5.41) is 9.73. The molecule has 0 spiro atoms. The lowest BCUT2D eigenvalue weighted by molar-refractivity contribution is -0.119. The lowest BCUT2D eigenvalue weighted by Gasteiger charge is -2.29. The van der Waals surface area contributed by atoms with Gasteiger partial charge >= 0.3 is 0 Å². The summed E-state index contributed by atoms with van der Waals surface area (Å²) in [6.07, 6.45) is 6.42. The zero-order valence-electron chi connectivity index (χ0n) is 13.3. The average Bonchev–Trinajstić information content (AvgIpc) is 2.83.